The molecule has 1 aromatic rings. The van der Waals surface area contributed by atoms with Crippen molar-refractivity contribution in [3.05, 3.63) is 6.07 Å². The van der Waals surface area contributed by atoms with Gasteiger partial charge in [-0.25, -0.2) is 0 Å². The van der Waals surface area contributed by atoms with Crippen molar-refractivity contribution in [1.29, 1.82) is 0 Å². The quantitative estimate of drug-likeness (QED) is 0.811. The number of nitrogens with zero attached hydrogens (tertiary/aromatic N) is 3. The zero-order valence-corrected chi connectivity index (χ0v) is 12.1. The maximum Gasteiger partial charge on any atom is 0.223 e. The highest BCUT2D eigenvalue weighted by Crippen LogP contribution is 2.19. The highest BCUT2D eigenvalue weighted by Gasteiger charge is 2.13. The highest BCUT2D eigenvalue weighted by molar-refractivity contribution is 5.52. The summed E-state index contributed by atoms with van der Waals surface area (Å²) in [5, 5.41) is 3.01. The molecule has 0 aliphatic rings. The van der Waals surface area contributed by atoms with E-state index in [1.165, 1.54) is 0 Å². The summed E-state index contributed by atoms with van der Waals surface area (Å²) in [6.07, 6.45) is 0. The lowest BCUT2D eigenvalue weighted by Crippen LogP contribution is -2.32. The molecule has 0 radical (unpaired) electrons. The standard InChI is InChI=1S/C13H25N5/c1-9(2)7-18(8-10(3)4)12-6-11(15-5)16-13(14)17-12/h6,9-10H,7-8H2,1-5H3,(H3,14,15,16,17). The van der Waals surface area contributed by atoms with Gasteiger partial charge < -0.3 is 16.0 Å². The Labute approximate surface area is 110 Å². The molecule has 5 nitrogen and oxygen atoms in total. The van der Waals surface area contributed by atoms with Crippen molar-refractivity contribution < 1.29 is 0 Å². The summed E-state index contributed by atoms with van der Waals surface area (Å²) in [5.41, 5.74) is 5.75. The molecule has 0 saturated heterocycles. The van der Waals surface area contributed by atoms with E-state index < -0.39 is 0 Å². The van der Waals surface area contributed by atoms with Crippen molar-refractivity contribution in [1.82, 2.24) is 9.97 Å². The Morgan fingerprint density at radius 2 is 1.72 bits per heavy atom. The molecular formula is C13H25N5. The molecule has 0 aliphatic heterocycles. The van der Waals surface area contributed by atoms with Crippen molar-refractivity contribution in [2.45, 2.75) is 27.7 Å². The van der Waals surface area contributed by atoms with Gasteiger partial charge in [-0.15, -0.1) is 0 Å². The number of aromatic nitrogens is 2. The summed E-state index contributed by atoms with van der Waals surface area (Å²) < 4.78 is 0. The van der Waals surface area contributed by atoms with Gasteiger partial charge in [-0.2, -0.15) is 9.97 Å². The van der Waals surface area contributed by atoms with Gasteiger partial charge in [0.25, 0.3) is 0 Å². The van der Waals surface area contributed by atoms with E-state index in [0.29, 0.717) is 17.8 Å². The number of hydrogen-bond donors (Lipinski definition) is 2. The first-order chi connectivity index (χ1) is 8.42. The van der Waals surface area contributed by atoms with Gasteiger partial charge in [0.1, 0.15) is 11.6 Å². The first-order valence-corrected chi connectivity index (χ1v) is 6.49. The molecule has 0 bridgehead atoms. The Hall–Kier alpha value is -1.52. The van der Waals surface area contributed by atoms with Crippen molar-refractivity contribution >= 4 is 17.6 Å². The van der Waals surface area contributed by atoms with Crippen LogP contribution in [0.25, 0.3) is 0 Å². The third-order valence-corrected chi connectivity index (χ3v) is 2.48. The van der Waals surface area contributed by atoms with Gasteiger partial charge in [0.2, 0.25) is 5.95 Å². The van der Waals surface area contributed by atoms with Crippen LogP contribution in [-0.2, 0) is 0 Å². The van der Waals surface area contributed by atoms with E-state index in [0.717, 1.165) is 24.7 Å². The topological polar surface area (TPSA) is 67.1 Å². The second-order valence-corrected chi connectivity index (χ2v) is 5.41. The number of rotatable bonds is 6. The van der Waals surface area contributed by atoms with E-state index >= 15 is 0 Å². The van der Waals surface area contributed by atoms with E-state index in [1.807, 2.05) is 13.1 Å². The number of nitrogens with one attached hydrogen (secondary N) is 1. The summed E-state index contributed by atoms with van der Waals surface area (Å²) >= 11 is 0. The van der Waals surface area contributed by atoms with E-state index in [2.05, 4.69) is 47.9 Å². The highest BCUT2D eigenvalue weighted by atomic mass is 15.2. The maximum atomic E-state index is 5.75. The Morgan fingerprint density at radius 3 is 2.17 bits per heavy atom. The largest absolute Gasteiger partial charge is 0.373 e. The predicted octanol–water partition coefficient (Wildman–Crippen LogP) is 2.22. The molecule has 0 aliphatic carbocycles. The molecule has 18 heavy (non-hydrogen) atoms. The normalized spacial score (nSPS) is 11.1. The smallest absolute Gasteiger partial charge is 0.223 e. The zero-order valence-electron chi connectivity index (χ0n) is 12.1. The average molecular weight is 251 g/mol. The molecule has 0 saturated carbocycles. The van der Waals surface area contributed by atoms with Crippen LogP contribution in [0, 0.1) is 11.8 Å². The monoisotopic (exact) mass is 251 g/mol. The minimum Gasteiger partial charge on any atom is -0.373 e. The molecule has 3 N–H and O–H groups in total. The molecule has 102 valence electrons. The molecule has 0 fully saturated rings. The van der Waals surface area contributed by atoms with Crippen LogP contribution in [0.2, 0.25) is 0 Å². The van der Waals surface area contributed by atoms with Crippen molar-refractivity contribution in [2.75, 3.05) is 36.1 Å². The van der Waals surface area contributed by atoms with Gasteiger partial charge in [-0.05, 0) is 11.8 Å². The average Bonchev–Trinajstić information content (AvgIpc) is 2.26. The van der Waals surface area contributed by atoms with Crippen LogP contribution < -0.4 is 16.0 Å². The van der Waals surface area contributed by atoms with E-state index in [-0.39, 0.29) is 0 Å². The van der Waals surface area contributed by atoms with Crippen molar-refractivity contribution in [3.8, 4) is 0 Å². The molecule has 1 rings (SSSR count). The zero-order chi connectivity index (χ0) is 13.7. The van der Waals surface area contributed by atoms with Crippen LogP contribution in [0.1, 0.15) is 27.7 Å². The number of nitrogens with two attached hydrogens (primary N) is 1. The number of anilines is 3. The van der Waals surface area contributed by atoms with Crippen LogP contribution in [0.3, 0.4) is 0 Å². The SMILES string of the molecule is CNc1cc(N(CC(C)C)CC(C)C)nc(N)n1. The summed E-state index contributed by atoms with van der Waals surface area (Å²) in [4.78, 5) is 10.7. The summed E-state index contributed by atoms with van der Waals surface area (Å²) in [6, 6.07) is 1.95. The molecule has 0 aromatic carbocycles. The third kappa shape index (κ3) is 4.39. The lowest BCUT2D eigenvalue weighted by molar-refractivity contribution is 0.549. The Balaban J connectivity index is 2.99. The van der Waals surface area contributed by atoms with Gasteiger partial charge in [-0.3, -0.25) is 0 Å². The minimum atomic E-state index is 0.314. The van der Waals surface area contributed by atoms with Gasteiger partial charge in [0.05, 0.1) is 0 Å². The fourth-order valence-corrected chi connectivity index (χ4v) is 1.89. The van der Waals surface area contributed by atoms with Crippen LogP contribution in [0.15, 0.2) is 6.07 Å². The van der Waals surface area contributed by atoms with Crippen LogP contribution >= 0.6 is 0 Å². The first-order valence-electron chi connectivity index (χ1n) is 6.49. The second kappa shape index (κ2) is 6.42. The minimum absolute atomic E-state index is 0.314. The van der Waals surface area contributed by atoms with Crippen molar-refractivity contribution in [2.24, 2.45) is 11.8 Å². The van der Waals surface area contributed by atoms with Gasteiger partial charge in [0.15, 0.2) is 0 Å². The molecule has 0 atom stereocenters. The van der Waals surface area contributed by atoms with Gasteiger partial charge in [-0.1, -0.05) is 27.7 Å². The molecule has 1 aromatic heterocycles. The molecule has 5 heteroatoms. The summed E-state index contributed by atoms with van der Waals surface area (Å²) in [6.45, 7) is 10.8. The van der Waals surface area contributed by atoms with E-state index in [9.17, 15) is 0 Å². The predicted molar refractivity (Wildman–Crippen MR) is 77.9 cm³/mol. The van der Waals surface area contributed by atoms with E-state index in [4.69, 9.17) is 5.73 Å². The fraction of sp³-hybridized carbons (Fsp3) is 0.692. The number of hydrogen-bond acceptors (Lipinski definition) is 5. The molecule has 1 heterocycles. The Morgan fingerprint density at radius 1 is 1.17 bits per heavy atom. The molecule has 0 spiro atoms. The van der Waals surface area contributed by atoms with Crippen molar-refractivity contribution in [3.63, 3.8) is 0 Å². The molecule has 0 amide bonds. The fourth-order valence-electron chi connectivity index (χ4n) is 1.89. The Bertz CT molecular complexity index is 366. The van der Waals surface area contributed by atoms with Crippen LogP contribution in [0.5, 0.6) is 0 Å². The lowest BCUT2D eigenvalue weighted by atomic mass is 10.1. The molecule has 0 unspecified atom stereocenters. The van der Waals surface area contributed by atoms with Crippen LogP contribution in [-0.4, -0.2) is 30.1 Å². The third-order valence-electron chi connectivity index (χ3n) is 2.48. The van der Waals surface area contributed by atoms with E-state index in [1.54, 1.807) is 0 Å². The van der Waals surface area contributed by atoms with Crippen LogP contribution in [0.4, 0.5) is 17.6 Å². The van der Waals surface area contributed by atoms with Gasteiger partial charge in [0, 0.05) is 26.2 Å². The summed E-state index contributed by atoms with van der Waals surface area (Å²) in [5.74, 6) is 3.13. The maximum absolute atomic E-state index is 5.75. The first kappa shape index (κ1) is 14.5. The molecular weight excluding hydrogens is 226 g/mol. The summed E-state index contributed by atoms with van der Waals surface area (Å²) in [7, 11) is 1.83. The second-order valence-electron chi connectivity index (χ2n) is 5.41. The van der Waals surface area contributed by atoms with Gasteiger partial charge >= 0.3 is 0 Å². The Kier molecular flexibility index (Phi) is 5.19. The number of nitrogen functional groups attached to an aromatic ring is 1. The lowest BCUT2D eigenvalue weighted by Gasteiger charge is -2.27.